The lowest BCUT2D eigenvalue weighted by molar-refractivity contribution is -0.125. The first kappa shape index (κ1) is 13.8. The molecule has 3 rings (SSSR count). The molecule has 0 N–H and O–H groups in total. The second-order valence-electron chi connectivity index (χ2n) is 6.26. The van der Waals surface area contributed by atoms with Crippen LogP contribution in [0, 0.1) is 5.92 Å². The zero-order valence-electron chi connectivity index (χ0n) is 12.1. The molecule has 0 amide bonds. The van der Waals surface area contributed by atoms with Crippen LogP contribution in [0.3, 0.4) is 0 Å². The van der Waals surface area contributed by atoms with E-state index in [9.17, 15) is 4.79 Å². The molecule has 1 saturated carbocycles. The van der Waals surface area contributed by atoms with Crippen LogP contribution < -0.4 is 0 Å². The van der Waals surface area contributed by atoms with Gasteiger partial charge in [0.15, 0.2) is 0 Å². The molecule has 3 atom stereocenters. The summed E-state index contributed by atoms with van der Waals surface area (Å²) in [5, 5.41) is 0. The van der Waals surface area contributed by atoms with Crippen molar-refractivity contribution < 1.29 is 9.53 Å². The average Bonchev–Trinajstić information content (AvgIpc) is 3.01. The van der Waals surface area contributed by atoms with Gasteiger partial charge in [0.05, 0.1) is 6.10 Å². The number of carbonyl (C=O) groups excluding carboxylic acids is 1. The van der Waals surface area contributed by atoms with Crippen molar-refractivity contribution in [2.24, 2.45) is 5.92 Å². The van der Waals surface area contributed by atoms with E-state index in [1.807, 2.05) is 0 Å². The Balaban J connectivity index is 1.57. The summed E-state index contributed by atoms with van der Waals surface area (Å²) in [7, 11) is 0. The van der Waals surface area contributed by atoms with Crippen molar-refractivity contribution in [1.29, 1.82) is 0 Å². The van der Waals surface area contributed by atoms with Crippen molar-refractivity contribution in [3.05, 3.63) is 35.9 Å². The molecule has 2 aliphatic rings. The zero-order chi connectivity index (χ0) is 13.8. The lowest BCUT2D eigenvalue weighted by atomic mass is 9.75. The fourth-order valence-electron chi connectivity index (χ4n) is 3.68. The Morgan fingerprint density at radius 2 is 1.95 bits per heavy atom. The van der Waals surface area contributed by atoms with Gasteiger partial charge in [-0.2, -0.15) is 0 Å². The van der Waals surface area contributed by atoms with Crippen molar-refractivity contribution in [2.75, 3.05) is 6.61 Å². The fourth-order valence-corrected chi connectivity index (χ4v) is 3.68. The van der Waals surface area contributed by atoms with Gasteiger partial charge < -0.3 is 4.74 Å². The Morgan fingerprint density at radius 3 is 2.70 bits per heavy atom. The minimum Gasteiger partial charge on any atom is -0.378 e. The van der Waals surface area contributed by atoms with Gasteiger partial charge in [-0.3, -0.25) is 4.79 Å². The molecule has 0 spiro atoms. The highest BCUT2D eigenvalue weighted by Crippen LogP contribution is 2.36. The normalized spacial score (nSPS) is 30.6. The summed E-state index contributed by atoms with van der Waals surface area (Å²) >= 11 is 0. The maximum atomic E-state index is 12.1. The first-order valence-corrected chi connectivity index (χ1v) is 8.02. The van der Waals surface area contributed by atoms with Gasteiger partial charge in [0, 0.05) is 18.9 Å². The Kier molecular flexibility index (Phi) is 4.51. The number of ether oxygens (including phenoxy) is 1. The van der Waals surface area contributed by atoms with E-state index < -0.39 is 0 Å². The van der Waals surface area contributed by atoms with Crippen LogP contribution in [0.25, 0.3) is 0 Å². The van der Waals surface area contributed by atoms with Gasteiger partial charge in [0.2, 0.25) is 0 Å². The van der Waals surface area contributed by atoms with Gasteiger partial charge in [0.25, 0.3) is 0 Å². The lowest BCUT2D eigenvalue weighted by Gasteiger charge is -2.29. The minimum absolute atomic E-state index is 0.262. The molecule has 1 saturated heterocycles. The van der Waals surface area contributed by atoms with Crippen molar-refractivity contribution in [2.45, 2.75) is 57.0 Å². The Morgan fingerprint density at radius 1 is 1.10 bits per heavy atom. The SMILES string of the molecule is O=C1CCC(c2ccccc2)CC1CCC1CCCO1. The number of hydrogen-bond donors (Lipinski definition) is 0. The molecule has 0 aromatic heterocycles. The molecule has 1 aromatic rings. The lowest BCUT2D eigenvalue weighted by Crippen LogP contribution is -2.25. The molecule has 1 aromatic carbocycles. The molecule has 20 heavy (non-hydrogen) atoms. The van der Waals surface area contributed by atoms with Crippen LogP contribution in [0.15, 0.2) is 30.3 Å². The number of rotatable bonds is 4. The smallest absolute Gasteiger partial charge is 0.136 e. The van der Waals surface area contributed by atoms with Crippen molar-refractivity contribution >= 4 is 5.78 Å². The molecular weight excluding hydrogens is 248 g/mol. The third-order valence-corrected chi connectivity index (χ3v) is 4.90. The summed E-state index contributed by atoms with van der Waals surface area (Å²) in [5.41, 5.74) is 1.40. The highest BCUT2D eigenvalue weighted by molar-refractivity contribution is 5.82. The Hall–Kier alpha value is -1.15. The van der Waals surface area contributed by atoms with Crippen LogP contribution >= 0.6 is 0 Å². The van der Waals surface area contributed by atoms with E-state index in [1.54, 1.807) is 0 Å². The van der Waals surface area contributed by atoms with E-state index in [2.05, 4.69) is 30.3 Å². The number of carbonyl (C=O) groups is 1. The van der Waals surface area contributed by atoms with Crippen LogP contribution in [0.1, 0.15) is 56.4 Å². The summed E-state index contributed by atoms with van der Waals surface area (Å²) in [6.07, 6.45) is 7.70. The number of benzene rings is 1. The summed E-state index contributed by atoms with van der Waals surface area (Å²) in [6, 6.07) is 10.7. The van der Waals surface area contributed by atoms with E-state index >= 15 is 0 Å². The first-order valence-electron chi connectivity index (χ1n) is 8.02. The first-order chi connectivity index (χ1) is 9.83. The van der Waals surface area contributed by atoms with Gasteiger partial charge in [-0.05, 0) is 50.0 Å². The maximum absolute atomic E-state index is 12.1. The minimum atomic E-state index is 0.262. The zero-order valence-corrected chi connectivity index (χ0v) is 12.1. The summed E-state index contributed by atoms with van der Waals surface area (Å²) in [6.45, 7) is 0.913. The number of Topliss-reactive ketones (excluding diaryl/α,β-unsaturated/α-hetero) is 1. The van der Waals surface area contributed by atoms with E-state index in [0.717, 1.165) is 38.7 Å². The quantitative estimate of drug-likeness (QED) is 0.825. The Labute approximate surface area is 121 Å². The van der Waals surface area contributed by atoms with Crippen LogP contribution in [0.5, 0.6) is 0 Å². The van der Waals surface area contributed by atoms with Gasteiger partial charge in [-0.1, -0.05) is 30.3 Å². The largest absolute Gasteiger partial charge is 0.378 e. The van der Waals surface area contributed by atoms with E-state index in [4.69, 9.17) is 4.74 Å². The molecule has 0 bridgehead atoms. The second kappa shape index (κ2) is 6.53. The van der Waals surface area contributed by atoms with Gasteiger partial charge in [-0.25, -0.2) is 0 Å². The molecule has 2 heteroatoms. The van der Waals surface area contributed by atoms with Crippen LogP contribution in [0.2, 0.25) is 0 Å². The van der Waals surface area contributed by atoms with Crippen molar-refractivity contribution in [3.8, 4) is 0 Å². The summed E-state index contributed by atoms with van der Waals surface area (Å²) in [5.74, 6) is 1.32. The molecule has 2 fully saturated rings. The monoisotopic (exact) mass is 272 g/mol. The summed E-state index contributed by atoms with van der Waals surface area (Å²) < 4.78 is 5.68. The molecule has 2 nitrogen and oxygen atoms in total. The second-order valence-corrected chi connectivity index (χ2v) is 6.26. The van der Waals surface area contributed by atoms with E-state index in [1.165, 1.54) is 18.4 Å². The van der Waals surface area contributed by atoms with Crippen LogP contribution in [-0.4, -0.2) is 18.5 Å². The highest BCUT2D eigenvalue weighted by atomic mass is 16.5. The van der Waals surface area contributed by atoms with E-state index in [0.29, 0.717) is 17.8 Å². The fraction of sp³-hybridized carbons (Fsp3) is 0.611. The maximum Gasteiger partial charge on any atom is 0.136 e. The molecule has 3 unspecified atom stereocenters. The topological polar surface area (TPSA) is 26.3 Å². The average molecular weight is 272 g/mol. The van der Waals surface area contributed by atoms with Crippen LogP contribution in [0.4, 0.5) is 0 Å². The molecule has 108 valence electrons. The predicted octanol–water partition coefficient (Wildman–Crippen LogP) is 4.10. The summed E-state index contributed by atoms with van der Waals surface area (Å²) in [4.78, 5) is 12.1. The molecule has 1 aliphatic heterocycles. The number of ketones is 1. The highest BCUT2D eigenvalue weighted by Gasteiger charge is 2.30. The third-order valence-electron chi connectivity index (χ3n) is 4.90. The van der Waals surface area contributed by atoms with Gasteiger partial charge in [-0.15, -0.1) is 0 Å². The van der Waals surface area contributed by atoms with Crippen LogP contribution in [-0.2, 0) is 9.53 Å². The van der Waals surface area contributed by atoms with E-state index in [-0.39, 0.29) is 5.92 Å². The molecule has 0 radical (unpaired) electrons. The number of hydrogen-bond acceptors (Lipinski definition) is 2. The van der Waals surface area contributed by atoms with Crippen molar-refractivity contribution in [3.63, 3.8) is 0 Å². The standard InChI is InChI=1S/C18H24O2/c19-18-11-9-15(14-5-2-1-3-6-14)13-16(18)8-10-17-7-4-12-20-17/h1-3,5-6,15-17H,4,7-13H2. The van der Waals surface area contributed by atoms with Gasteiger partial charge in [0.1, 0.15) is 5.78 Å². The molecule has 1 aliphatic carbocycles. The molecule has 1 heterocycles. The Bertz CT molecular complexity index is 434. The van der Waals surface area contributed by atoms with Gasteiger partial charge >= 0.3 is 0 Å². The van der Waals surface area contributed by atoms with Crippen molar-refractivity contribution in [1.82, 2.24) is 0 Å². The third kappa shape index (κ3) is 3.29. The predicted molar refractivity (Wildman–Crippen MR) is 79.7 cm³/mol. The molecular formula is C18H24O2.